The van der Waals surface area contributed by atoms with Gasteiger partial charge in [-0.2, -0.15) is 0 Å². The summed E-state index contributed by atoms with van der Waals surface area (Å²) in [5.74, 6) is 0. The van der Waals surface area contributed by atoms with E-state index in [-0.39, 0.29) is 59.4 Å². The minimum Gasteiger partial charge on any atom is -1.00 e. The van der Waals surface area contributed by atoms with Crippen molar-refractivity contribution in [1.82, 2.24) is 0 Å². The van der Waals surface area contributed by atoms with Gasteiger partial charge in [0.05, 0.1) is 6.61 Å². The van der Waals surface area contributed by atoms with Gasteiger partial charge in [0.25, 0.3) is 0 Å². The summed E-state index contributed by atoms with van der Waals surface area (Å²) in [5, 5.41) is 0. The van der Waals surface area contributed by atoms with Crippen LogP contribution in [-0.2, 0) is 9.09 Å². The third-order valence-corrected chi connectivity index (χ3v) is 5.28. The Morgan fingerprint density at radius 2 is 0.885 bits per heavy atom. The molecule has 26 heavy (non-hydrogen) atoms. The Balaban J connectivity index is -0.00000288. The minimum atomic E-state index is -4.26. The maximum absolute atomic E-state index is 10.5. The predicted molar refractivity (Wildman–Crippen MR) is 108 cm³/mol. The van der Waals surface area contributed by atoms with Crippen LogP contribution in [0.3, 0.4) is 0 Å². The van der Waals surface area contributed by atoms with Gasteiger partial charge in [-0.15, -0.1) is 0 Å². The molecule has 0 amide bonds. The predicted octanol–water partition coefficient (Wildman–Crippen LogP) is 4.25. The first-order valence-electron chi connectivity index (χ1n) is 10.8. The van der Waals surface area contributed by atoms with Crippen molar-refractivity contribution in [2.45, 2.75) is 122 Å². The first-order valence-corrected chi connectivity index (χ1v) is 12.3. The van der Waals surface area contributed by atoms with Gasteiger partial charge in [-0.25, -0.2) is 4.57 Å². The van der Waals surface area contributed by atoms with Crippen LogP contribution in [0.4, 0.5) is 0 Å². The Bertz CT molecular complexity index is 316. The number of hydrogen-bond donors (Lipinski definition) is 2. The Morgan fingerprint density at radius 1 is 0.615 bits per heavy atom. The molecule has 2 N–H and O–H groups in total. The van der Waals surface area contributed by atoms with E-state index in [4.69, 9.17) is 9.79 Å². The van der Waals surface area contributed by atoms with E-state index < -0.39 is 7.82 Å². The van der Waals surface area contributed by atoms with Crippen molar-refractivity contribution in [2.75, 3.05) is 6.61 Å². The molecule has 0 aromatic rings. The molecule has 154 valence electrons. The van der Waals surface area contributed by atoms with Crippen LogP contribution >= 0.6 is 7.82 Å². The molecule has 0 aliphatic carbocycles. The van der Waals surface area contributed by atoms with Crippen LogP contribution in [0.5, 0.6) is 0 Å². The van der Waals surface area contributed by atoms with Crippen LogP contribution in [0, 0.1) is 0 Å². The number of phosphoric acid groups is 1. The van der Waals surface area contributed by atoms with Gasteiger partial charge in [-0.1, -0.05) is 116 Å². The first kappa shape index (κ1) is 29.9. The minimum absolute atomic E-state index is 0. The van der Waals surface area contributed by atoms with Gasteiger partial charge >= 0.3 is 59.2 Å². The molecule has 0 fully saturated rings. The number of hydrogen-bond acceptors (Lipinski definition) is 2. The number of phosphoric ester groups is 1. The van der Waals surface area contributed by atoms with Gasteiger partial charge in [0.1, 0.15) is 0 Å². The van der Waals surface area contributed by atoms with Gasteiger partial charge in [0.15, 0.2) is 0 Å². The van der Waals surface area contributed by atoms with E-state index in [2.05, 4.69) is 11.4 Å². The van der Waals surface area contributed by atoms with Crippen molar-refractivity contribution in [3.8, 4) is 0 Å². The second-order valence-electron chi connectivity index (χ2n) is 7.33. The SMILES string of the molecule is CCCCCCCCCCCCCCCCCCCCOP(=O)(O)O.[H-].[K+]. The quantitative estimate of drug-likeness (QED) is 0.176. The summed E-state index contributed by atoms with van der Waals surface area (Å²) in [6, 6.07) is 0. The summed E-state index contributed by atoms with van der Waals surface area (Å²) in [6.45, 7) is 2.44. The second kappa shape index (κ2) is 23.0. The van der Waals surface area contributed by atoms with Crippen molar-refractivity contribution in [2.24, 2.45) is 0 Å². The molecule has 0 aliphatic heterocycles. The third kappa shape index (κ3) is 28.0. The van der Waals surface area contributed by atoms with E-state index in [0.717, 1.165) is 19.3 Å². The van der Waals surface area contributed by atoms with E-state index in [1.807, 2.05) is 0 Å². The molecule has 0 saturated carbocycles. The van der Waals surface area contributed by atoms with Crippen molar-refractivity contribution < 1.29 is 71.7 Å². The Hall–Kier alpha value is 1.75. The van der Waals surface area contributed by atoms with Crippen LogP contribution < -0.4 is 51.4 Å². The maximum atomic E-state index is 10.5. The van der Waals surface area contributed by atoms with Gasteiger partial charge in [-0.3, -0.25) is 4.52 Å². The molecule has 0 radical (unpaired) electrons. The smallest absolute Gasteiger partial charge is 1.00 e. The summed E-state index contributed by atoms with van der Waals surface area (Å²) >= 11 is 0. The topological polar surface area (TPSA) is 66.8 Å². The fraction of sp³-hybridized carbons (Fsp3) is 1.00. The number of unbranched alkanes of at least 4 members (excludes halogenated alkanes) is 17. The number of rotatable bonds is 20. The van der Waals surface area contributed by atoms with Crippen LogP contribution in [0.25, 0.3) is 0 Å². The largest absolute Gasteiger partial charge is 1.00 e. The van der Waals surface area contributed by atoms with Crippen molar-refractivity contribution in [1.29, 1.82) is 0 Å². The third-order valence-electron chi connectivity index (χ3n) is 4.76. The fourth-order valence-corrected chi connectivity index (χ4v) is 3.55. The maximum Gasteiger partial charge on any atom is 1.00 e. The zero-order valence-corrected chi connectivity index (χ0v) is 21.6. The molecule has 0 aromatic carbocycles. The molecule has 6 heteroatoms. The summed E-state index contributed by atoms with van der Waals surface area (Å²) < 4.78 is 14.9. The zero-order valence-electron chi connectivity index (χ0n) is 18.6. The molecule has 0 aliphatic rings. The average molecular weight is 419 g/mol. The molecular formula is C20H44KO4P. The summed E-state index contributed by atoms with van der Waals surface area (Å²) in [7, 11) is -4.26. The Labute approximate surface area is 206 Å². The van der Waals surface area contributed by atoms with Crippen LogP contribution in [0.15, 0.2) is 0 Å². The molecule has 0 atom stereocenters. The molecular weight excluding hydrogens is 374 g/mol. The monoisotopic (exact) mass is 418 g/mol. The van der Waals surface area contributed by atoms with Gasteiger partial charge in [0, 0.05) is 0 Å². The molecule has 0 unspecified atom stereocenters. The van der Waals surface area contributed by atoms with Crippen molar-refractivity contribution >= 4 is 7.82 Å². The molecule has 0 heterocycles. The van der Waals surface area contributed by atoms with E-state index >= 15 is 0 Å². The first-order chi connectivity index (χ1) is 12.1. The summed E-state index contributed by atoms with van der Waals surface area (Å²) in [6.07, 6.45) is 23.6. The summed E-state index contributed by atoms with van der Waals surface area (Å²) in [4.78, 5) is 17.1. The van der Waals surface area contributed by atoms with E-state index in [0.29, 0.717) is 0 Å². The van der Waals surface area contributed by atoms with Crippen LogP contribution in [0.1, 0.15) is 124 Å². The standard InChI is InChI=1S/C20H43O4P.K.H/c1-2-3-4-5-6-7-8-9-10-11-12-13-14-15-16-17-18-19-20-24-25(21,22)23;;/h2-20H2,1H3,(H2,21,22,23);;/q;+1;-1. The molecule has 0 rings (SSSR count). The van der Waals surface area contributed by atoms with Crippen LogP contribution in [-0.4, -0.2) is 16.4 Å². The average Bonchev–Trinajstić information content (AvgIpc) is 2.56. The normalized spacial score (nSPS) is 11.5. The van der Waals surface area contributed by atoms with E-state index in [1.165, 1.54) is 96.3 Å². The molecule has 0 spiro atoms. The molecule has 0 saturated heterocycles. The molecule has 0 aromatic heterocycles. The fourth-order valence-electron chi connectivity index (χ4n) is 3.19. The van der Waals surface area contributed by atoms with E-state index in [1.54, 1.807) is 0 Å². The van der Waals surface area contributed by atoms with E-state index in [9.17, 15) is 4.57 Å². The second-order valence-corrected chi connectivity index (χ2v) is 8.57. The molecule has 4 nitrogen and oxygen atoms in total. The summed E-state index contributed by atoms with van der Waals surface area (Å²) in [5.41, 5.74) is 0. The van der Waals surface area contributed by atoms with Crippen molar-refractivity contribution in [3.05, 3.63) is 0 Å². The Kier molecular flexibility index (Phi) is 26.5. The van der Waals surface area contributed by atoms with Gasteiger partial charge in [-0.05, 0) is 6.42 Å². The van der Waals surface area contributed by atoms with Crippen molar-refractivity contribution in [3.63, 3.8) is 0 Å². The van der Waals surface area contributed by atoms with Crippen LogP contribution in [0.2, 0.25) is 0 Å². The molecule has 0 bridgehead atoms. The Morgan fingerprint density at radius 3 is 1.15 bits per heavy atom. The zero-order chi connectivity index (χ0) is 18.6. The van der Waals surface area contributed by atoms with Gasteiger partial charge < -0.3 is 11.2 Å². The van der Waals surface area contributed by atoms with Gasteiger partial charge in [0.2, 0.25) is 0 Å².